The number of nitrogens with zero attached hydrogens (tertiary/aromatic N) is 2. The average Bonchev–Trinajstić information content (AvgIpc) is 3.12. The van der Waals surface area contributed by atoms with E-state index in [9.17, 15) is 4.79 Å². The van der Waals surface area contributed by atoms with Crippen LogP contribution < -0.4 is 14.8 Å². The number of benzene rings is 2. The first-order valence-electron chi connectivity index (χ1n) is 8.82. The van der Waals surface area contributed by atoms with Crippen molar-refractivity contribution in [3.05, 3.63) is 66.5 Å². The second-order valence-electron chi connectivity index (χ2n) is 6.14. The van der Waals surface area contributed by atoms with Gasteiger partial charge in [-0.05, 0) is 47.7 Å². The Kier molecular flexibility index (Phi) is 5.34. The summed E-state index contributed by atoms with van der Waals surface area (Å²) in [6, 6.07) is 13.3. The molecular weight excluding hydrogens is 374 g/mol. The molecule has 0 atom stereocenters. The standard InChI is InChI=1S/C21H19N3O3S/c1-24-11-10-22-21(24)28-19-5-3-2-4-16(19)23-20(25)9-7-15-6-8-17-18(14-15)27-13-12-26-17/h2-11,14H,12-13H2,1H3,(H,23,25)/b9-7+. The lowest BCUT2D eigenvalue weighted by atomic mass is 10.2. The number of hydrogen-bond donors (Lipinski definition) is 1. The predicted octanol–water partition coefficient (Wildman–Crippen LogP) is 3.99. The normalized spacial score (nSPS) is 12.9. The molecule has 6 nitrogen and oxygen atoms in total. The predicted molar refractivity (Wildman–Crippen MR) is 109 cm³/mol. The molecule has 2 heterocycles. The first kappa shape index (κ1) is 18.2. The van der Waals surface area contributed by atoms with Crippen LogP contribution in [0.2, 0.25) is 0 Å². The van der Waals surface area contributed by atoms with Gasteiger partial charge in [0.2, 0.25) is 5.91 Å². The third-order valence-electron chi connectivity index (χ3n) is 4.12. The summed E-state index contributed by atoms with van der Waals surface area (Å²) in [5, 5.41) is 3.79. The van der Waals surface area contributed by atoms with Gasteiger partial charge in [-0.2, -0.15) is 0 Å². The zero-order valence-corrected chi connectivity index (χ0v) is 16.1. The molecule has 0 fully saturated rings. The summed E-state index contributed by atoms with van der Waals surface area (Å²) in [6.45, 7) is 1.09. The van der Waals surface area contributed by atoms with E-state index >= 15 is 0 Å². The van der Waals surface area contributed by atoms with Crippen LogP contribution in [0.15, 0.2) is 71.0 Å². The van der Waals surface area contributed by atoms with Crippen molar-refractivity contribution in [1.29, 1.82) is 0 Å². The van der Waals surface area contributed by atoms with Crippen molar-refractivity contribution in [3.8, 4) is 11.5 Å². The van der Waals surface area contributed by atoms with Crippen LogP contribution in [0.4, 0.5) is 5.69 Å². The third-order valence-corrected chi connectivity index (χ3v) is 5.27. The van der Waals surface area contributed by atoms with Crippen molar-refractivity contribution in [2.75, 3.05) is 18.5 Å². The number of fused-ring (bicyclic) bond motifs is 1. The Morgan fingerprint density at radius 3 is 2.82 bits per heavy atom. The van der Waals surface area contributed by atoms with E-state index in [1.807, 2.05) is 60.3 Å². The van der Waals surface area contributed by atoms with Gasteiger partial charge < -0.3 is 19.4 Å². The highest BCUT2D eigenvalue weighted by Crippen LogP contribution is 2.33. The van der Waals surface area contributed by atoms with Crippen LogP contribution in [-0.4, -0.2) is 28.7 Å². The minimum atomic E-state index is -0.206. The van der Waals surface area contributed by atoms with Gasteiger partial charge in [0.15, 0.2) is 16.7 Å². The second kappa shape index (κ2) is 8.22. The SMILES string of the molecule is Cn1ccnc1Sc1ccccc1NC(=O)/C=C/c1ccc2c(c1)OCCO2. The van der Waals surface area contributed by atoms with Gasteiger partial charge in [0.25, 0.3) is 0 Å². The molecule has 7 heteroatoms. The molecule has 142 valence electrons. The van der Waals surface area contributed by atoms with Crippen LogP contribution in [-0.2, 0) is 11.8 Å². The maximum Gasteiger partial charge on any atom is 0.248 e. The van der Waals surface area contributed by atoms with Crippen LogP contribution in [0.3, 0.4) is 0 Å². The minimum Gasteiger partial charge on any atom is -0.486 e. The molecule has 0 bridgehead atoms. The molecule has 28 heavy (non-hydrogen) atoms. The molecule has 0 spiro atoms. The molecule has 0 unspecified atom stereocenters. The summed E-state index contributed by atoms with van der Waals surface area (Å²) < 4.78 is 13.0. The fourth-order valence-corrected chi connectivity index (χ4v) is 3.61. The Morgan fingerprint density at radius 1 is 1.18 bits per heavy atom. The number of amides is 1. The Morgan fingerprint density at radius 2 is 2.00 bits per heavy atom. The van der Waals surface area contributed by atoms with Crippen molar-refractivity contribution in [1.82, 2.24) is 9.55 Å². The van der Waals surface area contributed by atoms with E-state index in [0.717, 1.165) is 27.1 Å². The first-order valence-corrected chi connectivity index (χ1v) is 9.63. The van der Waals surface area contributed by atoms with E-state index in [1.165, 1.54) is 17.8 Å². The number of nitrogens with one attached hydrogen (secondary N) is 1. The maximum atomic E-state index is 12.4. The topological polar surface area (TPSA) is 65.4 Å². The van der Waals surface area contributed by atoms with E-state index in [4.69, 9.17) is 9.47 Å². The van der Waals surface area contributed by atoms with Gasteiger partial charge in [-0.1, -0.05) is 18.2 Å². The van der Waals surface area contributed by atoms with Gasteiger partial charge >= 0.3 is 0 Å². The molecule has 1 N–H and O–H groups in total. The van der Waals surface area contributed by atoms with Crippen molar-refractivity contribution in [2.24, 2.45) is 7.05 Å². The van der Waals surface area contributed by atoms with Crippen molar-refractivity contribution in [3.63, 3.8) is 0 Å². The summed E-state index contributed by atoms with van der Waals surface area (Å²) in [7, 11) is 1.94. The molecule has 3 aromatic rings. The summed E-state index contributed by atoms with van der Waals surface area (Å²) in [5.41, 5.74) is 1.61. The van der Waals surface area contributed by atoms with Gasteiger partial charge in [-0.25, -0.2) is 4.98 Å². The molecule has 0 radical (unpaired) electrons. The number of anilines is 1. The van der Waals surface area contributed by atoms with Crippen LogP contribution >= 0.6 is 11.8 Å². The van der Waals surface area contributed by atoms with E-state index < -0.39 is 0 Å². The largest absolute Gasteiger partial charge is 0.486 e. The summed E-state index contributed by atoms with van der Waals surface area (Å²) >= 11 is 1.50. The number of imidazole rings is 1. The number of carbonyl (C=O) groups excluding carboxylic acids is 1. The summed E-state index contributed by atoms with van der Waals surface area (Å²) in [5.74, 6) is 1.22. The fraction of sp³-hybridized carbons (Fsp3) is 0.143. The highest BCUT2D eigenvalue weighted by Gasteiger charge is 2.11. The third kappa shape index (κ3) is 4.20. The molecule has 1 aromatic heterocycles. The smallest absolute Gasteiger partial charge is 0.248 e. The number of rotatable bonds is 5. The average molecular weight is 393 g/mol. The lowest BCUT2D eigenvalue weighted by molar-refractivity contribution is -0.111. The van der Waals surface area contributed by atoms with Crippen molar-refractivity contribution in [2.45, 2.75) is 10.1 Å². The molecule has 1 amide bonds. The van der Waals surface area contributed by atoms with E-state index in [0.29, 0.717) is 19.0 Å². The molecule has 2 aromatic carbocycles. The highest BCUT2D eigenvalue weighted by atomic mass is 32.2. The Hall–Kier alpha value is -3.19. The van der Waals surface area contributed by atoms with Gasteiger partial charge in [0, 0.05) is 30.4 Å². The molecule has 0 saturated carbocycles. The second-order valence-corrected chi connectivity index (χ2v) is 7.15. The Labute approximate surface area is 167 Å². The Bertz CT molecular complexity index is 1030. The van der Waals surface area contributed by atoms with E-state index in [1.54, 1.807) is 12.3 Å². The Balaban J connectivity index is 1.45. The summed E-state index contributed by atoms with van der Waals surface area (Å²) in [6.07, 6.45) is 6.90. The van der Waals surface area contributed by atoms with E-state index in [2.05, 4.69) is 10.3 Å². The van der Waals surface area contributed by atoms with Crippen molar-refractivity contribution >= 4 is 29.4 Å². The first-order chi connectivity index (χ1) is 13.7. The molecule has 4 rings (SSSR count). The summed E-state index contributed by atoms with van der Waals surface area (Å²) in [4.78, 5) is 17.7. The molecule has 0 aliphatic carbocycles. The fourth-order valence-electron chi connectivity index (χ4n) is 2.72. The van der Waals surface area contributed by atoms with Crippen LogP contribution in [0.1, 0.15) is 5.56 Å². The quantitative estimate of drug-likeness (QED) is 0.664. The number of carbonyl (C=O) groups is 1. The number of para-hydroxylation sites is 1. The van der Waals surface area contributed by atoms with Crippen LogP contribution in [0, 0.1) is 0 Å². The highest BCUT2D eigenvalue weighted by molar-refractivity contribution is 7.99. The lowest BCUT2D eigenvalue weighted by Gasteiger charge is -2.18. The molecule has 1 aliphatic heterocycles. The van der Waals surface area contributed by atoms with Gasteiger partial charge in [0.1, 0.15) is 13.2 Å². The van der Waals surface area contributed by atoms with Crippen molar-refractivity contribution < 1.29 is 14.3 Å². The van der Waals surface area contributed by atoms with Crippen LogP contribution in [0.25, 0.3) is 6.08 Å². The van der Waals surface area contributed by atoms with Gasteiger partial charge in [-0.3, -0.25) is 4.79 Å². The number of hydrogen-bond acceptors (Lipinski definition) is 5. The van der Waals surface area contributed by atoms with Crippen LogP contribution in [0.5, 0.6) is 11.5 Å². The van der Waals surface area contributed by atoms with E-state index in [-0.39, 0.29) is 5.91 Å². The van der Waals surface area contributed by atoms with Gasteiger partial charge in [0.05, 0.1) is 5.69 Å². The minimum absolute atomic E-state index is 0.206. The number of ether oxygens (including phenoxy) is 2. The molecule has 1 aliphatic rings. The maximum absolute atomic E-state index is 12.4. The van der Waals surface area contributed by atoms with Gasteiger partial charge in [-0.15, -0.1) is 0 Å². The number of aryl methyl sites for hydroxylation is 1. The zero-order valence-electron chi connectivity index (χ0n) is 15.3. The molecular formula is C21H19N3O3S. The number of aromatic nitrogens is 2. The zero-order chi connectivity index (χ0) is 19.3. The monoisotopic (exact) mass is 393 g/mol. The molecule has 0 saturated heterocycles. The lowest BCUT2D eigenvalue weighted by Crippen LogP contribution is -2.15.